The first-order chi connectivity index (χ1) is 15.7. The number of aliphatic carboxylic acids is 1. The molecule has 4 atom stereocenters. The van der Waals surface area contributed by atoms with Gasteiger partial charge in [0.1, 0.15) is 18.1 Å². The van der Waals surface area contributed by atoms with Gasteiger partial charge in [-0.25, -0.2) is 4.79 Å². The van der Waals surface area contributed by atoms with Gasteiger partial charge in [0.25, 0.3) is 0 Å². The fourth-order valence-electron chi connectivity index (χ4n) is 3.18. The lowest BCUT2D eigenvalue weighted by Crippen LogP contribution is -2.58. The number of carboxylic acids is 1. The molecule has 1 aliphatic rings. The van der Waals surface area contributed by atoms with E-state index in [-0.39, 0.29) is 30.9 Å². The van der Waals surface area contributed by atoms with Gasteiger partial charge in [0.05, 0.1) is 12.6 Å². The highest BCUT2D eigenvalue weighted by atomic mass is 32.2. The maximum absolute atomic E-state index is 12.8. The first-order valence-corrected chi connectivity index (χ1v) is 12.1. The normalized spacial score (nSPS) is 17.9. The average Bonchev–Trinajstić information content (AvgIpc) is 3.31. The molecule has 13 nitrogen and oxygen atoms in total. The Labute approximate surface area is 196 Å². The Morgan fingerprint density at radius 2 is 1.76 bits per heavy atom. The number of aliphatic imine (C=N–C) groups is 1. The Morgan fingerprint density at radius 3 is 2.30 bits per heavy atom. The maximum atomic E-state index is 12.8. The topological polar surface area (TPSA) is 221 Å². The van der Waals surface area contributed by atoms with E-state index in [0.29, 0.717) is 25.0 Å². The predicted molar refractivity (Wildman–Crippen MR) is 124 cm³/mol. The number of guanidine groups is 1. The number of nitrogens with two attached hydrogens (primary N) is 2. The second-order valence-electron chi connectivity index (χ2n) is 7.58. The number of thioether (sulfide) groups is 1. The van der Waals surface area contributed by atoms with Crippen LogP contribution in [0.25, 0.3) is 0 Å². The molecule has 0 spiro atoms. The lowest BCUT2D eigenvalue weighted by Gasteiger charge is -2.24. The van der Waals surface area contributed by atoms with Crippen LogP contribution in [0.4, 0.5) is 0 Å². The van der Waals surface area contributed by atoms with Crippen LogP contribution in [0.15, 0.2) is 4.99 Å². The van der Waals surface area contributed by atoms with Gasteiger partial charge in [-0.15, -0.1) is 0 Å². The third-order valence-electron chi connectivity index (χ3n) is 5.00. The maximum Gasteiger partial charge on any atom is 0.326 e. The largest absolute Gasteiger partial charge is 0.480 e. The van der Waals surface area contributed by atoms with Gasteiger partial charge in [-0.3, -0.25) is 19.4 Å². The van der Waals surface area contributed by atoms with Crippen molar-refractivity contribution in [3.8, 4) is 0 Å². The van der Waals surface area contributed by atoms with Crippen LogP contribution in [-0.2, 0) is 19.2 Å². The second-order valence-corrected chi connectivity index (χ2v) is 8.57. The zero-order valence-electron chi connectivity index (χ0n) is 18.7. The molecule has 1 saturated heterocycles. The van der Waals surface area contributed by atoms with Crippen molar-refractivity contribution in [3.05, 3.63) is 0 Å². The number of hydrogen-bond acceptors (Lipinski definition) is 8. The summed E-state index contributed by atoms with van der Waals surface area (Å²) in [4.78, 5) is 52.9. The Balaban J connectivity index is 2.71. The predicted octanol–water partition coefficient (Wildman–Crippen LogP) is -2.92. The molecular formula is C19H35N7O6S. The molecule has 1 rings (SSSR count). The Kier molecular flexibility index (Phi) is 13.2. The van der Waals surface area contributed by atoms with Gasteiger partial charge >= 0.3 is 5.97 Å². The van der Waals surface area contributed by atoms with Crippen molar-refractivity contribution in [1.82, 2.24) is 21.3 Å². The molecule has 0 aliphatic carbocycles. The summed E-state index contributed by atoms with van der Waals surface area (Å²) >= 11 is 1.49. The van der Waals surface area contributed by atoms with Crippen LogP contribution in [0.3, 0.4) is 0 Å². The molecule has 0 saturated carbocycles. The molecule has 0 aromatic heterocycles. The van der Waals surface area contributed by atoms with Crippen molar-refractivity contribution in [2.75, 3.05) is 31.7 Å². The minimum Gasteiger partial charge on any atom is -0.480 e. The SMILES string of the molecule is CSCCC(NC(=O)C1CCCN1)C(=O)NC(CO)C(=O)NC(CCCN=C(N)N)C(=O)O. The molecule has 1 heterocycles. The van der Waals surface area contributed by atoms with Crippen LogP contribution in [-0.4, -0.2) is 95.7 Å². The summed E-state index contributed by atoms with van der Waals surface area (Å²) in [6, 6.07) is -3.90. The van der Waals surface area contributed by atoms with Crippen molar-refractivity contribution in [2.24, 2.45) is 16.5 Å². The fourth-order valence-corrected chi connectivity index (χ4v) is 3.66. The van der Waals surface area contributed by atoms with Gasteiger partial charge in [0, 0.05) is 6.54 Å². The van der Waals surface area contributed by atoms with Gasteiger partial charge in [0.2, 0.25) is 17.7 Å². The minimum absolute atomic E-state index is 0.0464. The summed E-state index contributed by atoms with van der Waals surface area (Å²) in [7, 11) is 0. The van der Waals surface area contributed by atoms with Crippen molar-refractivity contribution < 1.29 is 29.4 Å². The molecule has 0 radical (unpaired) electrons. The van der Waals surface area contributed by atoms with Crippen LogP contribution in [0.1, 0.15) is 32.1 Å². The summed E-state index contributed by atoms with van der Waals surface area (Å²) in [5.74, 6) is -2.60. The number of carboxylic acid groups (broad SMARTS) is 1. The highest BCUT2D eigenvalue weighted by Crippen LogP contribution is 2.08. The standard InChI is InChI=1S/C19H35N7O6S/c1-33-9-6-12(24-15(28)11-4-2-7-22-11)16(29)26-14(10-27)17(30)25-13(18(31)32)5-3-8-23-19(20)21/h11-14,22,27H,2-10H2,1H3,(H,24,28)(H,25,30)(H,26,29)(H,31,32)(H4,20,21,23). The van der Waals surface area contributed by atoms with Crippen molar-refractivity contribution >= 4 is 41.4 Å². The van der Waals surface area contributed by atoms with Gasteiger partial charge < -0.3 is 42.9 Å². The molecule has 0 aromatic rings. The number of carbonyl (C=O) groups excluding carboxylic acids is 3. The van der Waals surface area contributed by atoms with E-state index in [2.05, 4.69) is 26.3 Å². The summed E-state index contributed by atoms with van der Waals surface area (Å²) in [6.07, 6.45) is 4.06. The zero-order chi connectivity index (χ0) is 24.8. The number of amides is 3. The third-order valence-corrected chi connectivity index (χ3v) is 5.64. The Bertz CT molecular complexity index is 698. The average molecular weight is 490 g/mol. The van der Waals surface area contributed by atoms with Gasteiger partial charge in [-0.05, 0) is 50.7 Å². The monoisotopic (exact) mass is 489 g/mol. The van der Waals surface area contributed by atoms with E-state index in [9.17, 15) is 29.4 Å². The number of nitrogens with zero attached hydrogens (tertiary/aromatic N) is 1. The van der Waals surface area contributed by atoms with E-state index < -0.39 is 42.5 Å². The molecule has 3 amide bonds. The lowest BCUT2D eigenvalue weighted by atomic mass is 10.1. The number of aliphatic hydroxyl groups is 1. The second kappa shape index (κ2) is 15.3. The summed E-state index contributed by atoms with van der Waals surface area (Å²) in [5, 5.41) is 29.4. The van der Waals surface area contributed by atoms with Crippen LogP contribution < -0.4 is 32.7 Å². The first kappa shape index (κ1) is 28.5. The Morgan fingerprint density at radius 1 is 1.09 bits per heavy atom. The van der Waals surface area contributed by atoms with Gasteiger partial charge in [-0.1, -0.05) is 0 Å². The van der Waals surface area contributed by atoms with E-state index in [4.69, 9.17) is 11.5 Å². The fraction of sp³-hybridized carbons (Fsp3) is 0.737. The summed E-state index contributed by atoms with van der Waals surface area (Å²) < 4.78 is 0. The highest BCUT2D eigenvalue weighted by molar-refractivity contribution is 7.98. The third kappa shape index (κ3) is 10.7. The van der Waals surface area contributed by atoms with E-state index in [0.717, 1.165) is 13.0 Å². The molecule has 4 unspecified atom stereocenters. The molecule has 0 bridgehead atoms. The van der Waals surface area contributed by atoms with E-state index >= 15 is 0 Å². The quantitative estimate of drug-likeness (QED) is 0.0664. The molecule has 1 aliphatic heterocycles. The van der Waals surface area contributed by atoms with Crippen molar-refractivity contribution in [1.29, 1.82) is 0 Å². The molecule has 33 heavy (non-hydrogen) atoms. The molecule has 14 heteroatoms. The van der Waals surface area contributed by atoms with E-state index in [1.54, 1.807) is 0 Å². The number of rotatable bonds is 15. The minimum atomic E-state index is -1.38. The number of hydrogen-bond donors (Lipinski definition) is 8. The van der Waals surface area contributed by atoms with E-state index in [1.165, 1.54) is 11.8 Å². The molecule has 1 fully saturated rings. The number of nitrogens with one attached hydrogen (secondary N) is 4. The Hall–Kier alpha value is -2.58. The molecule has 10 N–H and O–H groups in total. The molecule has 0 aromatic carbocycles. The van der Waals surface area contributed by atoms with Crippen LogP contribution in [0.5, 0.6) is 0 Å². The van der Waals surface area contributed by atoms with Gasteiger partial charge in [-0.2, -0.15) is 11.8 Å². The zero-order valence-corrected chi connectivity index (χ0v) is 19.5. The first-order valence-electron chi connectivity index (χ1n) is 10.7. The van der Waals surface area contributed by atoms with Crippen molar-refractivity contribution in [2.45, 2.75) is 56.3 Å². The van der Waals surface area contributed by atoms with Crippen LogP contribution in [0, 0.1) is 0 Å². The summed E-state index contributed by atoms with van der Waals surface area (Å²) in [5.41, 5.74) is 10.4. The smallest absolute Gasteiger partial charge is 0.326 e. The molecular weight excluding hydrogens is 454 g/mol. The van der Waals surface area contributed by atoms with Crippen LogP contribution >= 0.6 is 11.8 Å². The lowest BCUT2D eigenvalue weighted by molar-refractivity contribution is -0.142. The number of aliphatic hydroxyl groups excluding tert-OH is 1. The summed E-state index contributed by atoms with van der Waals surface area (Å²) in [6.45, 7) is 0.170. The number of carbonyl (C=O) groups is 4. The highest BCUT2D eigenvalue weighted by Gasteiger charge is 2.31. The van der Waals surface area contributed by atoms with Crippen LogP contribution in [0.2, 0.25) is 0 Å². The van der Waals surface area contributed by atoms with E-state index in [1.807, 2.05) is 6.26 Å². The molecule has 188 valence electrons. The van der Waals surface area contributed by atoms with Gasteiger partial charge in [0.15, 0.2) is 5.96 Å². The van der Waals surface area contributed by atoms with Crippen molar-refractivity contribution in [3.63, 3.8) is 0 Å².